The molecule has 0 heterocycles. The fraction of sp³-hybridized carbons (Fsp3) is 0.900. The quantitative estimate of drug-likeness (QED) is 0.234. The maximum atomic E-state index is 10.2. The molecule has 0 unspecified atom stereocenters. The Balaban J connectivity index is 2.27. The van der Waals surface area contributed by atoms with Gasteiger partial charge in [0.15, 0.2) is 6.29 Å². The van der Waals surface area contributed by atoms with Crippen molar-refractivity contribution in [1.29, 1.82) is 0 Å². The first kappa shape index (κ1) is 21.6. The topological polar surface area (TPSA) is 80.9 Å². The smallest absolute Gasteiger partial charge is 0.151 e. The fourth-order valence-corrected chi connectivity index (χ4v) is 3.78. The van der Waals surface area contributed by atoms with E-state index in [1.54, 1.807) is 0 Å². The lowest BCUT2D eigenvalue weighted by Crippen LogP contribution is -2.20. The van der Waals surface area contributed by atoms with E-state index in [4.69, 9.17) is 10.2 Å². The summed E-state index contributed by atoms with van der Waals surface area (Å²) in [6.07, 6.45) is 14.1. The highest BCUT2D eigenvalue weighted by atomic mass is 16.5. The summed E-state index contributed by atoms with van der Waals surface area (Å²) in [5.74, 6) is 0.251. The molecule has 1 fully saturated rings. The summed E-state index contributed by atoms with van der Waals surface area (Å²) in [6.45, 7) is 2.21. The summed E-state index contributed by atoms with van der Waals surface area (Å²) >= 11 is 0. The number of hydrogen-bond donors (Lipinski definition) is 4. The summed E-state index contributed by atoms with van der Waals surface area (Å²) in [4.78, 5) is 0. The van der Waals surface area contributed by atoms with Crippen LogP contribution in [0.4, 0.5) is 0 Å². The Bertz CT molecular complexity index is 330. The van der Waals surface area contributed by atoms with E-state index >= 15 is 0 Å². The molecule has 0 aromatic rings. The van der Waals surface area contributed by atoms with Gasteiger partial charge in [-0.2, -0.15) is 0 Å². The minimum atomic E-state index is -1.19. The molecule has 0 aliphatic heterocycles. The SMILES string of the molecule is CCCCCC/C=C/[C@@H]1[C@@H](CCCCCCC(O)O)[C@@H](O)C[C@H]1O. The highest BCUT2D eigenvalue weighted by Crippen LogP contribution is 2.37. The molecule has 0 amide bonds. The van der Waals surface area contributed by atoms with E-state index < -0.39 is 18.5 Å². The third-order valence-electron chi connectivity index (χ3n) is 5.25. The van der Waals surface area contributed by atoms with Gasteiger partial charge in [-0.05, 0) is 38.0 Å². The molecule has 1 rings (SSSR count). The molecule has 4 heteroatoms. The Kier molecular flexibility index (Phi) is 11.6. The lowest BCUT2D eigenvalue weighted by atomic mass is 9.88. The Morgan fingerprint density at radius 1 is 0.917 bits per heavy atom. The number of allylic oxidation sites excluding steroid dienone is 1. The maximum absolute atomic E-state index is 10.2. The first-order chi connectivity index (χ1) is 11.6. The Hall–Kier alpha value is -0.420. The van der Waals surface area contributed by atoms with Crippen molar-refractivity contribution in [3.05, 3.63) is 12.2 Å². The minimum absolute atomic E-state index is 0.0884. The van der Waals surface area contributed by atoms with Crippen molar-refractivity contribution >= 4 is 0 Å². The second-order valence-electron chi connectivity index (χ2n) is 7.36. The molecule has 142 valence electrons. The van der Waals surface area contributed by atoms with Gasteiger partial charge in [-0.25, -0.2) is 0 Å². The van der Waals surface area contributed by atoms with Gasteiger partial charge in [0, 0.05) is 12.3 Å². The first-order valence-electron chi connectivity index (χ1n) is 9.95. The van der Waals surface area contributed by atoms with Crippen LogP contribution in [0.2, 0.25) is 0 Å². The molecule has 1 aliphatic rings. The maximum Gasteiger partial charge on any atom is 0.151 e. The number of aliphatic hydroxyl groups is 4. The van der Waals surface area contributed by atoms with Crippen LogP contribution >= 0.6 is 0 Å². The van der Waals surface area contributed by atoms with Crippen molar-refractivity contribution in [1.82, 2.24) is 0 Å². The third kappa shape index (κ3) is 8.61. The predicted octanol–water partition coefficient (Wildman–Crippen LogP) is 3.52. The molecule has 4 atom stereocenters. The highest BCUT2D eigenvalue weighted by Gasteiger charge is 2.39. The van der Waals surface area contributed by atoms with Crippen LogP contribution in [0.1, 0.15) is 84.0 Å². The lowest BCUT2D eigenvalue weighted by molar-refractivity contribution is -0.0466. The van der Waals surface area contributed by atoms with Gasteiger partial charge in [-0.15, -0.1) is 0 Å². The van der Waals surface area contributed by atoms with E-state index in [0.717, 1.165) is 38.5 Å². The predicted molar refractivity (Wildman–Crippen MR) is 97.4 cm³/mol. The molecule has 0 saturated heterocycles. The van der Waals surface area contributed by atoms with Crippen LogP contribution in [0.5, 0.6) is 0 Å². The fourth-order valence-electron chi connectivity index (χ4n) is 3.78. The molecule has 24 heavy (non-hydrogen) atoms. The second kappa shape index (κ2) is 12.9. The monoisotopic (exact) mass is 342 g/mol. The van der Waals surface area contributed by atoms with Crippen LogP contribution in [0, 0.1) is 11.8 Å². The molecule has 0 radical (unpaired) electrons. The summed E-state index contributed by atoms with van der Waals surface area (Å²) in [7, 11) is 0. The van der Waals surface area contributed by atoms with Crippen LogP contribution in [0.25, 0.3) is 0 Å². The zero-order chi connectivity index (χ0) is 17.8. The number of hydrogen-bond acceptors (Lipinski definition) is 4. The number of aliphatic hydroxyl groups excluding tert-OH is 3. The third-order valence-corrected chi connectivity index (χ3v) is 5.25. The second-order valence-corrected chi connectivity index (χ2v) is 7.36. The van der Waals surface area contributed by atoms with E-state index in [9.17, 15) is 10.2 Å². The number of unbranched alkanes of at least 4 members (excludes halogenated alkanes) is 7. The molecule has 1 saturated carbocycles. The summed E-state index contributed by atoms with van der Waals surface area (Å²) < 4.78 is 0. The Labute approximate surface area is 147 Å². The zero-order valence-electron chi connectivity index (χ0n) is 15.3. The molecule has 0 bridgehead atoms. The molecule has 1 aliphatic carbocycles. The van der Waals surface area contributed by atoms with Gasteiger partial charge in [-0.1, -0.05) is 57.6 Å². The van der Waals surface area contributed by atoms with Crippen LogP contribution < -0.4 is 0 Å². The standard InChI is InChI=1S/C20H38O4/c1-2-3-4-5-6-9-12-16-17(19(22)15-18(16)21)13-10-7-8-11-14-20(23)24/h9,12,16-24H,2-8,10-11,13-15H2,1H3/b12-9+/t16-,17-,18-,19+/m1/s1. The molecule has 0 aromatic heterocycles. The summed E-state index contributed by atoms with van der Waals surface area (Å²) in [6, 6.07) is 0. The van der Waals surface area contributed by atoms with Crippen molar-refractivity contribution in [2.75, 3.05) is 0 Å². The Morgan fingerprint density at radius 2 is 1.62 bits per heavy atom. The lowest BCUT2D eigenvalue weighted by Gasteiger charge is -2.20. The van der Waals surface area contributed by atoms with Crippen molar-refractivity contribution in [3.63, 3.8) is 0 Å². The van der Waals surface area contributed by atoms with Crippen LogP contribution in [-0.2, 0) is 0 Å². The molecular formula is C20H38O4. The first-order valence-corrected chi connectivity index (χ1v) is 9.95. The normalized spacial score (nSPS) is 27.6. The van der Waals surface area contributed by atoms with Crippen molar-refractivity contribution in [2.45, 2.75) is 102 Å². The van der Waals surface area contributed by atoms with Gasteiger partial charge in [0.25, 0.3) is 0 Å². The molecule has 0 spiro atoms. The zero-order valence-corrected chi connectivity index (χ0v) is 15.3. The largest absolute Gasteiger partial charge is 0.393 e. The van der Waals surface area contributed by atoms with E-state index in [2.05, 4.69) is 19.1 Å². The van der Waals surface area contributed by atoms with Crippen molar-refractivity contribution in [2.24, 2.45) is 11.8 Å². The van der Waals surface area contributed by atoms with Crippen LogP contribution in [0.3, 0.4) is 0 Å². The van der Waals surface area contributed by atoms with Crippen molar-refractivity contribution < 1.29 is 20.4 Å². The van der Waals surface area contributed by atoms with E-state index in [1.807, 2.05) is 0 Å². The average Bonchev–Trinajstić information content (AvgIpc) is 2.80. The van der Waals surface area contributed by atoms with Gasteiger partial charge < -0.3 is 20.4 Å². The van der Waals surface area contributed by atoms with Gasteiger partial charge in [0.1, 0.15) is 0 Å². The highest BCUT2D eigenvalue weighted by molar-refractivity contribution is 5.02. The molecule has 4 N–H and O–H groups in total. The molecule has 0 aromatic carbocycles. The Morgan fingerprint density at radius 3 is 2.33 bits per heavy atom. The van der Waals surface area contributed by atoms with Gasteiger partial charge >= 0.3 is 0 Å². The van der Waals surface area contributed by atoms with E-state index in [-0.39, 0.29) is 11.8 Å². The average molecular weight is 343 g/mol. The molecule has 4 nitrogen and oxygen atoms in total. The van der Waals surface area contributed by atoms with Crippen molar-refractivity contribution in [3.8, 4) is 0 Å². The van der Waals surface area contributed by atoms with E-state index in [0.29, 0.717) is 12.8 Å². The van der Waals surface area contributed by atoms with Gasteiger partial charge in [-0.3, -0.25) is 0 Å². The van der Waals surface area contributed by atoms with E-state index in [1.165, 1.54) is 25.7 Å². The number of rotatable bonds is 13. The van der Waals surface area contributed by atoms with Gasteiger partial charge in [0.2, 0.25) is 0 Å². The van der Waals surface area contributed by atoms with Crippen LogP contribution in [-0.4, -0.2) is 38.9 Å². The summed E-state index contributed by atoms with van der Waals surface area (Å²) in [5.41, 5.74) is 0. The van der Waals surface area contributed by atoms with Crippen LogP contribution in [0.15, 0.2) is 12.2 Å². The minimum Gasteiger partial charge on any atom is -0.393 e. The molecular weight excluding hydrogens is 304 g/mol. The van der Waals surface area contributed by atoms with Gasteiger partial charge in [0.05, 0.1) is 12.2 Å². The summed E-state index contributed by atoms with van der Waals surface area (Å²) in [5, 5.41) is 38.1.